The molecule has 28 heavy (non-hydrogen) atoms. The van der Waals surface area contributed by atoms with Crippen LogP contribution >= 0.6 is 34.2 Å². The van der Waals surface area contributed by atoms with Gasteiger partial charge in [0.2, 0.25) is 0 Å². The first-order valence-electron chi connectivity index (χ1n) is 8.83. The molecule has 3 rings (SSSR count). The number of halogens is 2. The molecule has 0 saturated carbocycles. The Labute approximate surface area is 184 Å². The number of methoxy groups -OCH3 is 2. The third-order valence-electron chi connectivity index (χ3n) is 4.45. The van der Waals surface area contributed by atoms with Crippen molar-refractivity contribution in [2.45, 2.75) is 20.0 Å². The Balaban J connectivity index is 1.92. The normalized spacial score (nSPS) is 10.6. The molecule has 0 aliphatic rings. The van der Waals surface area contributed by atoms with Crippen molar-refractivity contribution in [3.05, 3.63) is 80.0 Å². The summed E-state index contributed by atoms with van der Waals surface area (Å²) in [5.74, 6) is 2.54. The molecule has 146 valence electrons. The lowest BCUT2D eigenvalue weighted by Crippen LogP contribution is -2.23. The summed E-state index contributed by atoms with van der Waals surface area (Å²) in [6, 6.07) is 18.1. The van der Waals surface area contributed by atoms with Crippen LogP contribution in [-0.4, -0.2) is 19.2 Å². The fourth-order valence-corrected chi connectivity index (χ4v) is 3.40. The Morgan fingerprint density at radius 2 is 1.36 bits per heavy atom. The van der Waals surface area contributed by atoms with E-state index in [0.29, 0.717) is 13.1 Å². The lowest BCUT2D eigenvalue weighted by atomic mass is 10.1. The smallest absolute Gasteiger partial charge is 0.130 e. The number of benzene rings is 2. The summed E-state index contributed by atoms with van der Waals surface area (Å²) < 4.78 is 11.5. The molecule has 0 unspecified atom stereocenters. The second kappa shape index (κ2) is 9.47. The number of hydrogen-bond acceptors (Lipinski definition) is 4. The van der Waals surface area contributed by atoms with Gasteiger partial charge in [-0.2, -0.15) is 0 Å². The molecule has 0 N–H and O–H groups in total. The molecule has 1 aromatic heterocycles. The number of ether oxygens (including phenoxy) is 2. The zero-order chi connectivity index (χ0) is 20.1. The summed E-state index contributed by atoms with van der Waals surface area (Å²) in [6.45, 7) is 3.40. The van der Waals surface area contributed by atoms with E-state index in [2.05, 4.69) is 51.8 Å². The molecule has 0 radical (unpaired) electrons. The van der Waals surface area contributed by atoms with Crippen LogP contribution in [-0.2, 0) is 13.1 Å². The maximum Gasteiger partial charge on any atom is 0.130 e. The van der Waals surface area contributed by atoms with Gasteiger partial charge in [0.1, 0.15) is 17.3 Å². The van der Waals surface area contributed by atoms with E-state index in [-0.39, 0.29) is 0 Å². The molecule has 0 bridgehead atoms. The number of rotatable bonds is 7. The van der Waals surface area contributed by atoms with Crippen LogP contribution in [0, 0.1) is 10.5 Å². The van der Waals surface area contributed by atoms with Crippen molar-refractivity contribution in [3.8, 4) is 11.5 Å². The molecule has 0 amide bonds. The minimum absolute atomic E-state index is 0.708. The standard InChI is InChI=1S/C22H22ClIN2O2/c1-15-22(24)20(23)12-21(25-15)26(13-16-4-8-18(27-2)9-5-16)14-17-6-10-19(28-3)11-7-17/h4-12H,13-14H2,1-3H3. The highest BCUT2D eigenvalue weighted by molar-refractivity contribution is 14.1. The highest BCUT2D eigenvalue weighted by Crippen LogP contribution is 2.28. The second-order valence-electron chi connectivity index (χ2n) is 6.41. The first-order chi connectivity index (χ1) is 13.5. The third kappa shape index (κ3) is 5.08. The van der Waals surface area contributed by atoms with E-state index >= 15 is 0 Å². The summed E-state index contributed by atoms with van der Waals surface area (Å²) in [6.07, 6.45) is 0. The monoisotopic (exact) mass is 508 g/mol. The molecule has 4 nitrogen and oxygen atoms in total. The van der Waals surface area contributed by atoms with Crippen molar-refractivity contribution in [2.24, 2.45) is 0 Å². The summed E-state index contributed by atoms with van der Waals surface area (Å²) in [5, 5.41) is 0.720. The average molecular weight is 509 g/mol. The van der Waals surface area contributed by atoms with Gasteiger partial charge in [-0.3, -0.25) is 0 Å². The Kier molecular flexibility index (Phi) is 7.02. The molecule has 2 aromatic carbocycles. The molecule has 0 atom stereocenters. The Hall–Kier alpha value is -1.99. The van der Waals surface area contributed by atoms with Gasteiger partial charge in [0.25, 0.3) is 0 Å². The van der Waals surface area contributed by atoms with Gasteiger partial charge in [-0.15, -0.1) is 0 Å². The van der Waals surface area contributed by atoms with Crippen molar-refractivity contribution in [2.75, 3.05) is 19.1 Å². The van der Waals surface area contributed by atoms with Crippen LogP contribution < -0.4 is 14.4 Å². The van der Waals surface area contributed by atoms with Gasteiger partial charge >= 0.3 is 0 Å². The first kappa shape index (κ1) is 20.7. The molecule has 0 saturated heterocycles. The lowest BCUT2D eigenvalue weighted by molar-refractivity contribution is 0.414. The van der Waals surface area contributed by atoms with Crippen LogP contribution in [0.5, 0.6) is 11.5 Å². The molecule has 0 aliphatic heterocycles. The predicted octanol–water partition coefficient (Wildman–Crippen LogP) is 5.87. The second-order valence-corrected chi connectivity index (χ2v) is 7.90. The number of anilines is 1. The van der Waals surface area contributed by atoms with Crippen molar-refractivity contribution in [1.82, 2.24) is 4.98 Å². The average Bonchev–Trinajstić information content (AvgIpc) is 2.72. The SMILES string of the molecule is COc1ccc(CN(Cc2ccc(OC)cc2)c2cc(Cl)c(I)c(C)n2)cc1. The number of aromatic nitrogens is 1. The molecular weight excluding hydrogens is 487 g/mol. The maximum absolute atomic E-state index is 6.44. The van der Waals surface area contributed by atoms with Crippen molar-refractivity contribution in [3.63, 3.8) is 0 Å². The van der Waals surface area contributed by atoms with Gasteiger partial charge in [0, 0.05) is 19.2 Å². The maximum atomic E-state index is 6.44. The number of pyridine rings is 1. The van der Waals surface area contributed by atoms with E-state index in [9.17, 15) is 0 Å². The predicted molar refractivity (Wildman–Crippen MR) is 123 cm³/mol. The summed E-state index contributed by atoms with van der Waals surface area (Å²) in [7, 11) is 3.34. The Bertz CT molecular complexity index is 858. The van der Waals surface area contributed by atoms with Gasteiger partial charge in [-0.05, 0) is 64.9 Å². The molecule has 0 fully saturated rings. The molecule has 0 spiro atoms. The number of hydrogen-bond donors (Lipinski definition) is 0. The Morgan fingerprint density at radius 3 is 1.75 bits per heavy atom. The zero-order valence-corrected chi connectivity index (χ0v) is 19.0. The highest BCUT2D eigenvalue weighted by Gasteiger charge is 2.14. The largest absolute Gasteiger partial charge is 0.497 e. The number of aryl methyl sites for hydroxylation is 1. The third-order valence-corrected chi connectivity index (χ3v) is 6.43. The summed E-state index contributed by atoms with van der Waals surface area (Å²) in [4.78, 5) is 7.00. The van der Waals surface area contributed by atoms with E-state index in [4.69, 9.17) is 26.1 Å². The fourth-order valence-electron chi connectivity index (χ4n) is 2.89. The zero-order valence-electron chi connectivity index (χ0n) is 16.1. The van der Waals surface area contributed by atoms with Crippen LogP contribution in [0.15, 0.2) is 54.6 Å². The Morgan fingerprint density at radius 1 is 0.893 bits per heavy atom. The van der Waals surface area contributed by atoms with E-state index in [1.807, 2.05) is 37.3 Å². The summed E-state index contributed by atoms with van der Waals surface area (Å²) >= 11 is 8.67. The van der Waals surface area contributed by atoms with Crippen molar-refractivity contribution >= 4 is 40.0 Å². The molecular formula is C22H22ClIN2O2. The van der Waals surface area contributed by atoms with E-state index in [0.717, 1.165) is 31.6 Å². The van der Waals surface area contributed by atoms with Crippen molar-refractivity contribution < 1.29 is 9.47 Å². The molecule has 6 heteroatoms. The quantitative estimate of drug-likeness (QED) is 0.374. The first-order valence-corrected chi connectivity index (χ1v) is 10.3. The van der Waals surface area contributed by atoms with Crippen LogP contribution in [0.1, 0.15) is 16.8 Å². The van der Waals surface area contributed by atoms with Gasteiger partial charge in [-0.25, -0.2) is 4.98 Å². The van der Waals surface area contributed by atoms with Crippen LogP contribution in [0.2, 0.25) is 5.02 Å². The highest BCUT2D eigenvalue weighted by atomic mass is 127. The molecule has 0 aliphatic carbocycles. The summed E-state index contributed by atoms with van der Waals surface area (Å²) in [5.41, 5.74) is 3.27. The minimum Gasteiger partial charge on any atom is -0.497 e. The van der Waals surface area contributed by atoms with Gasteiger partial charge in [0.05, 0.1) is 28.5 Å². The van der Waals surface area contributed by atoms with Crippen LogP contribution in [0.25, 0.3) is 0 Å². The van der Waals surface area contributed by atoms with Gasteiger partial charge in [-0.1, -0.05) is 35.9 Å². The minimum atomic E-state index is 0.708. The van der Waals surface area contributed by atoms with Crippen LogP contribution in [0.3, 0.4) is 0 Å². The van der Waals surface area contributed by atoms with E-state index in [1.54, 1.807) is 14.2 Å². The number of nitrogens with zero attached hydrogens (tertiary/aromatic N) is 2. The van der Waals surface area contributed by atoms with Crippen LogP contribution in [0.4, 0.5) is 5.82 Å². The van der Waals surface area contributed by atoms with E-state index in [1.165, 1.54) is 11.1 Å². The fraction of sp³-hybridized carbons (Fsp3) is 0.227. The topological polar surface area (TPSA) is 34.6 Å². The van der Waals surface area contributed by atoms with E-state index < -0.39 is 0 Å². The van der Waals surface area contributed by atoms with Gasteiger partial charge in [0.15, 0.2) is 0 Å². The molecule has 3 aromatic rings. The van der Waals surface area contributed by atoms with Gasteiger partial charge < -0.3 is 14.4 Å². The lowest BCUT2D eigenvalue weighted by Gasteiger charge is -2.25. The van der Waals surface area contributed by atoms with Crippen molar-refractivity contribution in [1.29, 1.82) is 0 Å². The molecule has 1 heterocycles.